The zero-order valence-electron chi connectivity index (χ0n) is 9.25. The van der Waals surface area contributed by atoms with Gasteiger partial charge in [-0.25, -0.2) is 4.79 Å². The fourth-order valence-electron chi connectivity index (χ4n) is 1.59. The molecule has 0 aliphatic carbocycles. The van der Waals surface area contributed by atoms with Crippen LogP contribution in [-0.2, 0) is 9.53 Å². The summed E-state index contributed by atoms with van der Waals surface area (Å²) in [5.41, 5.74) is -0.527. The molecule has 0 aromatic carbocycles. The van der Waals surface area contributed by atoms with Crippen molar-refractivity contribution in [1.82, 2.24) is 4.90 Å². The Hall–Kier alpha value is -0.770. The van der Waals surface area contributed by atoms with Crippen molar-refractivity contribution >= 4 is 22.9 Å². The first-order chi connectivity index (χ1) is 6.81. The highest BCUT2D eigenvalue weighted by atomic mass is 35.5. The molecule has 1 aliphatic rings. The molecule has 0 aromatic rings. The smallest absolute Gasteiger partial charge is 0.329 e. The molecule has 0 radical (unpaired) electrons. The van der Waals surface area contributed by atoms with E-state index < -0.39 is 17.0 Å². The van der Waals surface area contributed by atoms with Crippen LogP contribution in [0.5, 0.6) is 0 Å². The molecule has 1 unspecified atom stereocenters. The fourth-order valence-corrected chi connectivity index (χ4v) is 1.79. The van der Waals surface area contributed by atoms with Crippen molar-refractivity contribution in [2.75, 3.05) is 6.54 Å². The molecule has 1 amide bonds. The maximum Gasteiger partial charge on any atom is 0.329 e. The van der Waals surface area contributed by atoms with E-state index in [9.17, 15) is 9.59 Å². The number of esters is 1. The molecule has 86 valence electrons. The topological polar surface area (TPSA) is 46.6 Å². The molecule has 5 heteroatoms. The van der Waals surface area contributed by atoms with Gasteiger partial charge in [0.15, 0.2) is 0 Å². The van der Waals surface area contributed by atoms with Crippen LogP contribution >= 0.6 is 11.6 Å². The number of carbonyl (C=O) groups excluding carboxylic acids is 2. The summed E-state index contributed by atoms with van der Waals surface area (Å²) >= 11 is 5.37. The summed E-state index contributed by atoms with van der Waals surface area (Å²) in [6, 6.07) is -0.505. The highest BCUT2D eigenvalue weighted by Gasteiger charge is 2.36. The second kappa shape index (κ2) is 4.39. The van der Waals surface area contributed by atoms with Gasteiger partial charge in [-0.1, -0.05) is 0 Å². The van der Waals surface area contributed by atoms with Gasteiger partial charge in [0, 0.05) is 6.54 Å². The van der Waals surface area contributed by atoms with Gasteiger partial charge in [0.05, 0.1) is 0 Å². The lowest BCUT2D eigenvalue weighted by Crippen LogP contribution is -2.41. The van der Waals surface area contributed by atoms with Crippen LogP contribution in [0.3, 0.4) is 0 Å². The monoisotopic (exact) mass is 233 g/mol. The van der Waals surface area contributed by atoms with Crippen LogP contribution < -0.4 is 0 Å². The van der Waals surface area contributed by atoms with Gasteiger partial charge in [-0.2, -0.15) is 0 Å². The first-order valence-electron chi connectivity index (χ1n) is 5.00. The van der Waals surface area contributed by atoms with Crippen LogP contribution in [0.4, 0.5) is 4.79 Å². The molecule has 15 heavy (non-hydrogen) atoms. The van der Waals surface area contributed by atoms with E-state index in [1.165, 1.54) is 4.90 Å². The van der Waals surface area contributed by atoms with Crippen LogP contribution in [0.25, 0.3) is 0 Å². The Bertz CT molecular complexity index is 272. The second-order valence-electron chi connectivity index (χ2n) is 4.64. The Labute approximate surface area is 94.5 Å². The summed E-state index contributed by atoms with van der Waals surface area (Å²) in [5.74, 6) is -0.367. The number of hydrogen-bond acceptors (Lipinski definition) is 3. The van der Waals surface area contributed by atoms with Gasteiger partial charge in [-0.05, 0) is 45.2 Å². The van der Waals surface area contributed by atoms with Gasteiger partial charge < -0.3 is 9.64 Å². The zero-order chi connectivity index (χ0) is 11.6. The van der Waals surface area contributed by atoms with E-state index >= 15 is 0 Å². The maximum absolute atomic E-state index is 11.7. The van der Waals surface area contributed by atoms with E-state index in [1.54, 1.807) is 20.8 Å². The van der Waals surface area contributed by atoms with Crippen molar-refractivity contribution in [3.63, 3.8) is 0 Å². The van der Waals surface area contributed by atoms with Crippen LogP contribution in [0.15, 0.2) is 0 Å². The van der Waals surface area contributed by atoms with Crippen molar-refractivity contribution in [3.8, 4) is 0 Å². The van der Waals surface area contributed by atoms with Crippen molar-refractivity contribution in [3.05, 3.63) is 0 Å². The van der Waals surface area contributed by atoms with Crippen molar-refractivity contribution in [1.29, 1.82) is 0 Å². The molecule has 0 aromatic heterocycles. The van der Waals surface area contributed by atoms with E-state index in [2.05, 4.69) is 0 Å². The molecule has 1 aliphatic heterocycles. The fraction of sp³-hybridized carbons (Fsp3) is 0.800. The van der Waals surface area contributed by atoms with Crippen LogP contribution in [0, 0.1) is 0 Å². The van der Waals surface area contributed by atoms with E-state index in [4.69, 9.17) is 16.3 Å². The highest BCUT2D eigenvalue weighted by Crippen LogP contribution is 2.22. The minimum absolute atomic E-state index is 0.367. The van der Waals surface area contributed by atoms with E-state index in [-0.39, 0.29) is 5.97 Å². The standard InChI is InChI=1S/C10H16ClNO3/c1-10(2,3)15-8(13)7-5-4-6-12(7)9(11)14/h7H,4-6H2,1-3H3. The van der Waals surface area contributed by atoms with Gasteiger partial charge in [0.2, 0.25) is 0 Å². The van der Waals surface area contributed by atoms with Gasteiger partial charge in [-0.3, -0.25) is 4.79 Å². The average molecular weight is 234 g/mol. The number of rotatable bonds is 1. The van der Waals surface area contributed by atoms with E-state index in [0.717, 1.165) is 6.42 Å². The first-order valence-corrected chi connectivity index (χ1v) is 5.38. The summed E-state index contributed by atoms with van der Waals surface area (Å²) in [6.45, 7) is 5.93. The second-order valence-corrected chi connectivity index (χ2v) is 4.96. The molecule has 4 nitrogen and oxygen atoms in total. The lowest BCUT2D eigenvalue weighted by Gasteiger charge is -2.25. The summed E-state index contributed by atoms with van der Waals surface area (Å²) in [5, 5.41) is -0.580. The minimum Gasteiger partial charge on any atom is -0.458 e. The Kier molecular flexibility index (Phi) is 3.60. The average Bonchev–Trinajstić information content (AvgIpc) is 2.47. The normalized spacial score (nSPS) is 21.6. The SMILES string of the molecule is CC(C)(C)OC(=O)C1CCCN1C(=O)Cl. The third-order valence-corrected chi connectivity index (χ3v) is 2.37. The quantitative estimate of drug-likeness (QED) is 0.396. The molecular weight excluding hydrogens is 218 g/mol. The Morgan fingerprint density at radius 1 is 1.40 bits per heavy atom. The van der Waals surface area contributed by atoms with Gasteiger partial charge in [0.25, 0.3) is 0 Å². The molecule has 1 rings (SSSR count). The third-order valence-electron chi connectivity index (χ3n) is 2.16. The number of nitrogens with zero attached hydrogens (tertiary/aromatic N) is 1. The molecule has 0 bridgehead atoms. The molecule has 0 N–H and O–H groups in total. The lowest BCUT2D eigenvalue weighted by atomic mass is 10.1. The molecular formula is C10H16ClNO3. The van der Waals surface area contributed by atoms with E-state index in [0.29, 0.717) is 13.0 Å². The Morgan fingerprint density at radius 3 is 2.47 bits per heavy atom. The van der Waals surface area contributed by atoms with Gasteiger partial charge in [-0.15, -0.1) is 0 Å². The number of ether oxygens (including phenoxy) is 1. The largest absolute Gasteiger partial charge is 0.458 e. The van der Waals surface area contributed by atoms with Crippen LogP contribution in [-0.4, -0.2) is 34.4 Å². The first kappa shape index (κ1) is 12.3. The van der Waals surface area contributed by atoms with Crippen LogP contribution in [0.1, 0.15) is 33.6 Å². The summed E-state index contributed by atoms with van der Waals surface area (Å²) in [6.07, 6.45) is 1.43. The van der Waals surface area contributed by atoms with Crippen LogP contribution in [0.2, 0.25) is 0 Å². The number of halogens is 1. The van der Waals surface area contributed by atoms with Crippen molar-refractivity contribution in [2.45, 2.75) is 45.3 Å². The highest BCUT2D eigenvalue weighted by molar-refractivity contribution is 6.63. The van der Waals surface area contributed by atoms with Crippen molar-refractivity contribution in [2.24, 2.45) is 0 Å². The maximum atomic E-state index is 11.7. The van der Waals surface area contributed by atoms with Crippen molar-refractivity contribution < 1.29 is 14.3 Å². The zero-order valence-corrected chi connectivity index (χ0v) is 10.0. The molecule has 0 saturated carbocycles. The third kappa shape index (κ3) is 3.38. The number of likely N-dealkylation sites (tertiary alicyclic amines) is 1. The Balaban J connectivity index is 2.63. The minimum atomic E-state index is -0.580. The molecule has 1 saturated heterocycles. The lowest BCUT2D eigenvalue weighted by molar-refractivity contribution is -0.159. The molecule has 1 heterocycles. The molecule has 0 spiro atoms. The summed E-state index contributed by atoms with van der Waals surface area (Å²) < 4.78 is 5.21. The molecule has 1 atom stereocenters. The predicted molar refractivity (Wildman–Crippen MR) is 56.8 cm³/mol. The molecule has 1 fully saturated rings. The Morgan fingerprint density at radius 2 is 2.00 bits per heavy atom. The summed E-state index contributed by atoms with van der Waals surface area (Å²) in [7, 11) is 0. The van der Waals surface area contributed by atoms with E-state index in [1.807, 2.05) is 0 Å². The predicted octanol–water partition coefficient (Wildman–Crippen LogP) is 2.15. The number of amides is 1. The van der Waals surface area contributed by atoms with Gasteiger partial charge in [0.1, 0.15) is 11.6 Å². The number of carbonyl (C=O) groups is 2. The van der Waals surface area contributed by atoms with Gasteiger partial charge >= 0.3 is 11.3 Å². The summed E-state index contributed by atoms with van der Waals surface area (Å²) in [4.78, 5) is 24.1. The number of hydrogen-bond donors (Lipinski definition) is 0.